The summed E-state index contributed by atoms with van der Waals surface area (Å²) in [4.78, 5) is 9.99. The SMILES string of the molecule is O=CC/C=C/c1ccc(F)cc1Cl. The van der Waals surface area contributed by atoms with Crippen LogP contribution < -0.4 is 0 Å². The van der Waals surface area contributed by atoms with E-state index in [1.54, 1.807) is 18.2 Å². The first-order chi connectivity index (χ1) is 6.24. The molecule has 68 valence electrons. The highest BCUT2D eigenvalue weighted by Gasteiger charge is 1.97. The summed E-state index contributed by atoms with van der Waals surface area (Å²) in [6, 6.07) is 4.13. The molecule has 0 radical (unpaired) electrons. The van der Waals surface area contributed by atoms with Crippen molar-refractivity contribution in [3.8, 4) is 0 Å². The van der Waals surface area contributed by atoms with Gasteiger partial charge in [-0.1, -0.05) is 29.8 Å². The summed E-state index contributed by atoms with van der Waals surface area (Å²) in [7, 11) is 0. The summed E-state index contributed by atoms with van der Waals surface area (Å²) < 4.78 is 12.6. The third-order valence-electron chi connectivity index (χ3n) is 1.49. The number of rotatable bonds is 3. The van der Waals surface area contributed by atoms with Gasteiger partial charge in [0.25, 0.3) is 0 Å². The van der Waals surface area contributed by atoms with Gasteiger partial charge in [0.05, 0.1) is 5.02 Å². The van der Waals surface area contributed by atoms with Crippen LogP contribution >= 0.6 is 11.6 Å². The minimum Gasteiger partial charge on any atom is -0.303 e. The molecule has 0 aromatic heterocycles. The Labute approximate surface area is 80.8 Å². The first kappa shape index (κ1) is 9.93. The van der Waals surface area contributed by atoms with Gasteiger partial charge in [0.1, 0.15) is 12.1 Å². The van der Waals surface area contributed by atoms with Gasteiger partial charge in [-0.05, 0) is 17.7 Å². The summed E-state index contributed by atoms with van der Waals surface area (Å²) in [6.07, 6.45) is 4.49. The number of carbonyl (C=O) groups excluding carboxylic acids is 1. The third-order valence-corrected chi connectivity index (χ3v) is 1.82. The number of aldehydes is 1. The first-order valence-electron chi connectivity index (χ1n) is 3.79. The number of hydrogen-bond donors (Lipinski definition) is 0. The average molecular weight is 199 g/mol. The van der Waals surface area contributed by atoms with Crippen LogP contribution in [0, 0.1) is 5.82 Å². The molecule has 0 amide bonds. The van der Waals surface area contributed by atoms with Crippen LogP contribution in [0.2, 0.25) is 5.02 Å². The molecule has 1 rings (SSSR count). The van der Waals surface area contributed by atoms with Gasteiger partial charge in [-0.15, -0.1) is 0 Å². The zero-order valence-electron chi connectivity index (χ0n) is 6.84. The van der Waals surface area contributed by atoms with Crippen LogP contribution in [-0.4, -0.2) is 6.29 Å². The van der Waals surface area contributed by atoms with Crippen molar-refractivity contribution < 1.29 is 9.18 Å². The molecular formula is C10H8ClFO. The quantitative estimate of drug-likeness (QED) is 0.683. The van der Waals surface area contributed by atoms with E-state index in [1.165, 1.54) is 12.1 Å². The van der Waals surface area contributed by atoms with E-state index in [9.17, 15) is 9.18 Å². The van der Waals surface area contributed by atoms with Crippen LogP contribution in [0.3, 0.4) is 0 Å². The Morgan fingerprint density at radius 1 is 1.46 bits per heavy atom. The van der Waals surface area contributed by atoms with Crippen LogP contribution in [-0.2, 0) is 4.79 Å². The molecule has 0 aliphatic carbocycles. The third kappa shape index (κ3) is 2.99. The zero-order chi connectivity index (χ0) is 9.68. The van der Waals surface area contributed by atoms with E-state index in [2.05, 4.69) is 0 Å². The lowest BCUT2D eigenvalue weighted by Crippen LogP contribution is -1.78. The van der Waals surface area contributed by atoms with Crippen molar-refractivity contribution in [2.24, 2.45) is 0 Å². The highest BCUT2D eigenvalue weighted by molar-refractivity contribution is 6.32. The molecule has 0 heterocycles. The smallest absolute Gasteiger partial charge is 0.124 e. The van der Waals surface area contributed by atoms with Crippen LogP contribution in [0.15, 0.2) is 24.3 Å². The molecule has 0 fully saturated rings. The van der Waals surface area contributed by atoms with Gasteiger partial charge >= 0.3 is 0 Å². The molecule has 0 aliphatic rings. The first-order valence-corrected chi connectivity index (χ1v) is 4.17. The molecule has 1 aromatic rings. The Balaban J connectivity index is 2.83. The van der Waals surface area contributed by atoms with Crippen molar-refractivity contribution in [1.82, 2.24) is 0 Å². The van der Waals surface area contributed by atoms with Crippen LogP contribution in [0.25, 0.3) is 6.08 Å². The molecular weight excluding hydrogens is 191 g/mol. The van der Waals surface area contributed by atoms with E-state index >= 15 is 0 Å². The van der Waals surface area contributed by atoms with Gasteiger partial charge < -0.3 is 4.79 Å². The van der Waals surface area contributed by atoms with E-state index in [0.29, 0.717) is 17.0 Å². The maximum Gasteiger partial charge on any atom is 0.124 e. The second-order valence-corrected chi connectivity index (χ2v) is 2.88. The molecule has 13 heavy (non-hydrogen) atoms. The summed E-state index contributed by atoms with van der Waals surface area (Å²) in [5.41, 5.74) is 0.713. The van der Waals surface area contributed by atoms with E-state index < -0.39 is 0 Å². The number of allylic oxidation sites excluding steroid dienone is 1. The largest absolute Gasteiger partial charge is 0.303 e. The van der Waals surface area contributed by atoms with E-state index in [4.69, 9.17) is 11.6 Å². The standard InChI is InChI=1S/C10H8ClFO/c11-10-7-9(12)5-4-8(10)3-1-2-6-13/h1,3-7H,2H2/b3-1+. The number of halogens is 2. The molecule has 0 aliphatic heterocycles. The summed E-state index contributed by atoms with van der Waals surface area (Å²) in [5.74, 6) is -0.363. The second kappa shape index (κ2) is 4.77. The number of carbonyl (C=O) groups is 1. The van der Waals surface area contributed by atoms with E-state index in [1.807, 2.05) is 0 Å². The molecule has 0 bridgehead atoms. The molecule has 0 saturated carbocycles. The molecule has 1 aromatic carbocycles. The normalized spacial score (nSPS) is 10.6. The molecule has 0 atom stereocenters. The molecule has 1 nitrogen and oxygen atoms in total. The van der Waals surface area contributed by atoms with Crippen LogP contribution in [0.1, 0.15) is 12.0 Å². The molecule has 0 unspecified atom stereocenters. The van der Waals surface area contributed by atoms with Gasteiger partial charge in [-0.25, -0.2) is 4.39 Å². The fourth-order valence-electron chi connectivity index (χ4n) is 0.887. The van der Waals surface area contributed by atoms with E-state index in [-0.39, 0.29) is 5.82 Å². The Bertz CT molecular complexity index is 334. The van der Waals surface area contributed by atoms with Crippen molar-refractivity contribution in [2.45, 2.75) is 6.42 Å². The maximum atomic E-state index is 12.6. The Hall–Kier alpha value is -1.15. The molecule has 3 heteroatoms. The fourth-order valence-corrected chi connectivity index (χ4v) is 1.12. The lowest BCUT2D eigenvalue weighted by atomic mass is 10.2. The average Bonchev–Trinajstić information content (AvgIpc) is 2.09. The van der Waals surface area contributed by atoms with Crippen LogP contribution in [0.5, 0.6) is 0 Å². The van der Waals surface area contributed by atoms with Crippen molar-refractivity contribution >= 4 is 24.0 Å². The Morgan fingerprint density at radius 3 is 2.85 bits per heavy atom. The fraction of sp³-hybridized carbons (Fsp3) is 0.100. The predicted molar refractivity (Wildman–Crippen MR) is 51.1 cm³/mol. The maximum absolute atomic E-state index is 12.6. The van der Waals surface area contributed by atoms with E-state index in [0.717, 1.165) is 6.29 Å². The van der Waals surface area contributed by atoms with Crippen molar-refractivity contribution in [2.75, 3.05) is 0 Å². The highest BCUT2D eigenvalue weighted by atomic mass is 35.5. The van der Waals surface area contributed by atoms with Crippen LogP contribution in [0.4, 0.5) is 4.39 Å². The lowest BCUT2D eigenvalue weighted by Gasteiger charge is -1.96. The lowest BCUT2D eigenvalue weighted by molar-refractivity contribution is -0.107. The van der Waals surface area contributed by atoms with Gasteiger partial charge in [0.15, 0.2) is 0 Å². The van der Waals surface area contributed by atoms with Crippen molar-refractivity contribution in [1.29, 1.82) is 0 Å². The van der Waals surface area contributed by atoms with Gasteiger partial charge in [0, 0.05) is 6.42 Å². The van der Waals surface area contributed by atoms with Crippen molar-refractivity contribution in [3.63, 3.8) is 0 Å². The number of benzene rings is 1. The Morgan fingerprint density at radius 2 is 2.23 bits per heavy atom. The predicted octanol–water partition coefficient (Wildman–Crippen LogP) is 3.08. The topological polar surface area (TPSA) is 17.1 Å². The number of hydrogen-bond acceptors (Lipinski definition) is 1. The van der Waals surface area contributed by atoms with Crippen molar-refractivity contribution in [3.05, 3.63) is 40.7 Å². The van der Waals surface area contributed by atoms with Gasteiger partial charge in [-0.3, -0.25) is 0 Å². The Kier molecular flexibility index (Phi) is 3.65. The second-order valence-electron chi connectivity index (χ2n) is 2.47. The summed E-state index contributed by atoms with van der Waals surface area (Å²) in [5, 5.41) is 0.349. The monoisotopic (exact) mass is 198 g/mol. The van der Waals surface area contributed by atoms with Gasteiger partial charge in [-0.2, -0.15) is 0 Å². The highest BCUT2D eigenvalue weighted by Crippen LogP contribution is 2.18. The molecule has 0 saturated heterocycles. The minimum atomic E-state index is -0.363. The summed E-state index contributed by atoms with van der Waals surface area (Å²) >= 11 is 5.73. The molecule has 0 N–H and O–H groups in total. The minimum absolute atomic E-state index is 0.341. The van der Waals surface area contributed by atoms with Gasteiger partial charge in [0.2, 0.25) is 0 Å². The zero-order valence-corrected chi connectivity index (χ0v) is 7.59. The summed E-state index contributed by atoms with van der Waals surface area (Å²) in [6.45, 7) is 0. The molecule has 0 spiro atoms.